The van der Waals surface area contributed by atoms with E-state index in [1.165, 1.54) is 12.3 Å². The van der Waals surface area contributed by atoms with Crippen molar-refractivity contribution in [2.75, 3.05) is 5.73 Å². The summed E-state index contributed by atoms with van der Waals surface area (Å²) in [5.74, 6) is 2.32. The summed E-state index contributed by atoms with van der Waals surface area (Å²) in [6.07, 6.45) is 1.49. The summed E-state index contributed by atoms with van der Waals surface area (Å²) in [6.45, 7) is 6.38. The van der Waals surface area contributed by atoms with Crippen LogP contribution in [0.25, 0.3) is 0 Å². The van der Waals surface area contributed by atoms with Gasteiger partial charge in [-0.1, -0.05) is 25.6 Å². The predicted molar refractivity (Wildman–Crippen MR) is 58.8 cm³/mol. The van der Waals surface area contributed by atoms with Gasteiger partial charge in [0.15, 0.2) is 11.6 Å². The molecule has 0 unspecified atom stereocenters. The molecule has 4 heteroatoms. The molecule has 0 bridgehead atoms. The second kappa shape index (κ2) is 3.80. The van der Waals surface area contributed by atoms with Crippen LogP contribution in [0.3, 0.4) is 0 Å². The number of nitrogen functional groups attached to an aromatic ring is 1. The second-order valence-electron chi connectivity index (χ2n) is 4.09. The van der Waals surface area contributed by atoms with Crippen LogP contribution in [-0.2, 0) is 0 Å². The molecule has 1 heterocycles. The van der Waals surface area contributed by atoms with Crippen molar-refractivity contribution in [2.45, 2.75) is 19.6 Å². The Morgan fingerprint density at radius 2 is 2.07 bits per heavy atom. The number of hydrogen-bond acceptors (Lipinski definition) is 2. The third-order valence-electron chi connectivity index (χ3n) is 1.45. The molecule has 74 valence electrons. The van der Waals surface area contributed by atoms with Gasteiger partial charge in [-0.25, -0.2) is 9.37 Å². The number of aromatic nitrogens is 1. The van der Waals surface area contributed by atoms with Crippen molar-refractivity contribution in [1.29, 1.82) is 0 Å². The van der Waals surface area contributed by atoms with Crippen LogP contribution in [0.2, 0.25) is 19.6 Å². The Balaban J connectivity index is 2.98. The summed E-state index contributed by atoms with van der Waals surface area (Å²) in [7, 11) is -1.41. The molecule has 0 amide bonds. The summed E-state index contributed by atoms with van der Waals surface area (Å²) in [4.78, 5) is 3.70. The molecular weight excluding hydrogens is 195 g/mol. The molecule has 0 saturated carbocycles. The zero-order valence-corrected chi connectivity index (χ0v) is 9.56. The molecule has 0 aliphatic heterocycles. The number of hydrogen-bond donors (Lipinski definition) is 1. The van der Waals surface area contributed by atoms with Gasteiger partial charge in [0.05, 0.1) is 0 Å². The third kappa shape index (κ3) is 3.19. The lowest BCUT2D eigenvalue weighted by molar-refractivity contribution is 0.627. The summed E-state index contributed by atoms with van der Waals surface area (Å²) >= 11 is 0. The average Bonchev–Trinajstić information content (AvgIpc) is 2.06. The highest BCUT2D eigenvalue weighted by molar-refractivity contribution is 6.83. The summed E-state index contributed by atoms with van der Waals surface area (Å²) in [5.41, 5.74) is 8.95. The largest absolute Gasteiger partial charge is 0.381 e. The monoisotopic (exact) mass is 208 g/mol. The molecule has 14 heavy (non-hydrogen) atoms. The van der Waals surface area contributed by atoms with Gasteiger partial charge in [-0.05, 0) is 6.07 Å². The normalized spacial score (nSPS) is 10.6. The molecule has 0 radical (unpaired) electrons. The first-order valence-corrected chi connectivity index (χ1v) is 7.83. The molecule has 0 fully saturated rings. The van der Waals surface area contributed by atoms with Gasteiger partial charge in [-0.3, -0.25) is 0 Å². The molecule has 2 N–H and O–H groups in total. The van der Waals surface area contributed by atoms with Crippen LogP contribution < -0.4 is 5.73 Å². The maximum Gasteiger partial charge on any atom is 0.166 e. The van der Waals surface area contributed by atoms with Crippen molar-refractivity contribution in [2.24, 2.45) is 0 Å². The predicted octanol–water partition coefficient (Wildman–Crippen LogP) is 2.03. The fraction of sp³-hybridized carbons (Fsp3) is 0.300. The summed E-state index contributed by atoms with van der Waals surface area (Å²) < 4.78 is 13.0. The zero-order valence-electron chi connectivity index (χ0n) is 8.56. The Morgan fingerprint density at radius 1 is 1.43 bits per heavy atom. The minimum atomic E-state index is -1.41. The minimum absolute atomic E-state index is 0.0800. The van der Waals surface area contributed by atoms with E-state index < -0.39 is 13.9 Å². The van der Waals surface area contributed by atoms with E-state index in [2.05, 4.69) is 36.1 Å². The number of rotatable bonds is 0. The maximum absolute atomic E-state index is 13.0. The van der Waals surface area contributed by atoms with E-state index in [9.17, 15) is 4.39 Å². The van der Waals surface area contributed by atoms with Gasteiger partial charge in [0.2, 0.25) is 0 Å². The first-order chi connectivity index (χ1) is 6.38. The van der Waals surface area contributed by atoms with Crippen molar-refractivity contribution >= 4 is 13.9 Å². The molecule has 0 aliphatic carbocycles. The first-order valence-electron chi connectivity index (χ1n) is 4.33. The Morgan fingerprint density at radius 3 is 2.57 bits per heavy atom. The fourth-order valence-corrected chi connectivity index (χ4v) is 1.30. The molecule has 0 aromatic carbocycles. The quantitative estimate of drug-likeness (QED) is 0.523. The Kier molecular flexibility index (Phi) is 2.92. The van der Waals surface area contributed by atoms with Gasteiger partial charge in [-0.2, -0.15) is 0 Å². The lowest BCUT2D eigenvalue weighted by atomic mass is 10.3. The van der Waals surface area contributed by atoms with E-state index in [1.807, 2.05) is 0 Å². The standard InChI is InChI=1S/C10H13FN2Si/c1-14(2,3)5-4-8-6-9(11)10(12)13-7-8/h6-7H,1-3H3,(H2,12,13). The van der Waals surface area contributed by atoms with Crippen molar-refractivity contribution in [1.82, 2.24) is 4.98 Å². The van der Waals surface area contributed by atoms with Crippen molar-refractivity contribution in [3.8, 4) is 11.5 Å². The Hall–Kier alpha value is -1.34. The minimum Gasteiger partial charge on any atom is -0.381 e. The van der Waals surface area contributed by atoms with Crippen LogP contribution in [0.1, 0.15) is 5.56 Å². The molecule has 1 rings (SSSR count). The van der Waals surface area contributed by atoms with Gasteiger partial charge in [-0.15, -0.1) is 5.54 Å². The lowest BCUT2D eigenvalue weighted by Crippen LogP contribution is -2.16. The summed E-state index contributed by atoms with van der Waals surface area (Å²) in [6, 6.07) is 1.31. The van der Waals surface area contributed by atoms with Crippen LogP contribution in [0.15, 0.2) is 12.3 Å². The highest BCUT2D eigenvalue weighted by Gasteiger charge is 2.07. The molecule has 0 saturated heterocycles. The average molecular weight is 208 g/mol. The van der Waals surface area contributed by atoms with Gasteiger partial charge in [0.25, 0.3) is 0 Å². The number of nitrogens with two attached hydrogens (primary N) is 1. The number of halogens is 1. The molecule has 0 aliphatic rings. The van der Waals surface area contributed by atoms with Crippen molar-refractivity contribution in [3.05, 3.63) is 23.6 Å². The van der Waals surface area contributed by atoms with E-state index in [0.717, 1.165) is 0 Å². The molecular formula is C10H13FN2Si. The van der Waals surface area contributed by atoms with Crippen LogP contribution in [0.5, 0.6) is 0 Å². The van der Waals surface area contributed by atoms with E-state index in [0.29, 0.717) is 5.56 Å². The first kappa shape index (κ1) is 10.7. The maximum atomic E-state index is 13.0. The van der Waals surface area contributed by atoms with E-state index >= 15 is 0 Å². The van der Waals surface area contributed by atoms with Crippen LogP contribution in [-0.4, -0.2) is 13.1 Å². The van der Waals surface area contributed by atoms with E-state index in [-0.39, 0.29) is 5.82 Å². The second-order valence-corrected chi connectivity index (χ2v) is 8.84. The van der Waals surface area contributed by atoms with Crippen LogP contribution in [0.4, 0.5) is 10.2 Å². The molecule has 1 aromatic heterocycles. The molecule has 1 aromatic rings. The van der Waals surface area contributed by atoms with Gasteiger partial charge >= 0.3 is 0 Å². The van der Waals surface area contributed by atoms with Crippen molar-refractivity contribution < 1.29 is 4.39 Å². The fourth-order valence-electron chi connectivity index (χ4n) is 0.777. The highest BCUT2D eigenvalue weighted by Crippen LogP contribution is 2.07. The summed E-state index contributed by atoms with van der Waals surface area (Å²) in [5, 5.41) is 0. The van der Waals surface area contributed by atoms with Crippen molar-refractivity contribution in [3.63, 3.8) is 0 Å². The topological polar surface area (TPSA) is 38.9 Å². The van der Waals surface area contributed by atoms with Gasteiger partial charge in [0, 0.05) is 11.8 Å². The molecule has 0 spiro atoms. The Bertz CT molecular complexity index is 399. The third-order valence-corrected chi connectivity index (χ3v) is 2.33. The van der Waals surface area contributed by atoms with E-state index in [1.54, 1.807) is 0 Å². The number of nitrogens with zero attached hydrogens (tertiary/aromatic N) is 1. The number of anilines is 1. The highest BCUT2D eigenvalue weighted by atomic mass is 28.3. The smallest absolute Gasteiger partial charge is 0.166 e. The molecule has 0 atom stereocenters. The van der Waals surface area contributed by atoms with E-state index in [4.69, 9.17) is 5.73 Å². The SMILES string of the molecule is C[Si](C)(C)C#Cc1cnc(N)c(F)c1. The van der Waals surface area contributed by atoms with Crippen LogP contribution >= 0.6 is 0 Å². The van der Waals surface area contributed by atoms with Gasteiger partial charge < -0.3 is 5.73 Å². The lowest BCUT2D eigenvalue weighted by Gasteiger charge is -2.03. The Labute approximate surface area is 84.4 Å². The van der Waals surface area contributed by atoms with Gasteiger partial charge in [0.1, 0.15) is 8.07 Å². The molecule has 2 nitrogen and oxygen atoms in total. The zero-order chi connectivity index (χ0) is 10.8. The number of pyridine rings is 1. The van der Waals surface area contributed by atoms with Crippen LogP contribution in [0, 0.1) is 17.3 Å².